The van der Waals surface area contributed by atoms with Crippen LogP contribution in [0.25, 0.3) is 0 Å². The summed E-state index contributed by atoms with van der Waals surface area (Å²) >= 11 is 3.00. The van der Waals surface area contributed by atoms with E-state index >= 15 is 0 Å². The fraction of sp³-hybridized carbons (Fsp3) is 0.385. The Bertz CT molecular complexity index is 497. The summed E-state index contributed by atoms with van der Waals surface area (Å²) in [5.74, 6) is -0.916. The number of rotatable bonds is 3. The standard InChI is InChI=1S/C13H15BrFNO3/c1-13(2,3)19-12(18)16-7-11(17)8-4-5-9(14)10(15)6-8/h4-6H,7H2,1-3H3,(H,16,18). The molecule has 0 aliphatic carbocycles. The molecule has 6 heteroatoms. The van der Waals surface area contributed by atoms with E-state index in [-0.39, 0.29) is 16.6 Å². The van der Waals surface area contributed by atoms with Gasteiger partial charge in [0.15, 0.2) is 5.78 Å². The van der Waals surface area contributed by atoms with Gasteiger partial charge in [-0.05, 0) is 48.8 Å². The Morgan fingerprint density at radius 1 is 1.37 bits per heavy atom. The predicted molar refractivity (Wildman–Crippen MR) is 72.7 cm³/mol. The number of hydrogen-bond donors (Lipinski definition) is 1. The zero-order valence-corrected chi connectivity index (χ0v) is 12.5. The van der Waals surface area contributed by atoms with Gasteiger partial charge >= 0.3 is 6.09 Å². The SMILES string of the molecule is CC(C)(C)OC(=O)NCC(=O)c1ccc(Br)c(F)c1. The molecule has 0 bridgehead atoms. The molecule has 0 heterocycles. The summed E-state index contributed by atoms with van der Waals surface area (Å²) in [5, 5.41) is 2.33. The minimum Gasteiger partial charge on any atom is -0.444 e. The lowest BCUT2D eigenvalue weighted by Crippen LogP contribution is -2.35. The van der Waals surface area contributed by atoms with Crippen molar-refractivity contribution in [3.05, 3.63) is 34.1 Å². The molecule has 0 aromatic heterocycles. The molecule has 0 radical (unpaired) electrons. The smallest absolute Gasteiger partial charge is 0.408 e. The first-order chi connectivity index (χ1) is 8.69. The van der Waals surface area contributed by atoms with Gasteiger partial charge < -0.3 is 10.1 Å². The van der Waals surface area contributed by atoms with Crippen molar-refractivity contribution < 1.29 is 18.7 Å². The molecule has 1 amide bonds. The lowest BCUT2D eigenvalue weighted by Gasteiger charge is -2.19. The van der Waals surface area contributed by atoms with Gasteiger partial charge in [0, 0.05) is 5.56 Å². The highest BCUT2D eigenvalue weighted by molar-refractivity contribution is 9.10. The third-order valence-electron chi connectivity index (χ3n) is 2.03. The molecule has 1 aromatic rings. The molecule has 1 rings (SSSR count). The Balaban J connectivity index is 2.56. The van der Waals surface area contributed by atoms with Gasteiger partial charge in [-0.1, -0.05) is 6.07 Å². The van der Waals surface area contributed by atoms with E-state index in [2.05, 4.69) is 21.2 Å². The van der Waals surface area contributed by atoms with Gasteiger partial charge in [-0.3, -0.25) is 4.79 Å². The summed E-state index contributed by atoms with van der Waals surface area (Å²) in [7, 11) is 0. The highest BCUT2D eigenvalue weighted by Gasteiger charge is 2.17. The van der Waals surface area contributed by atoms with E-state index in [0.29, 0.717) is 0 Å². The Kier molecular flexibility index (Phi) is 5.05. The molecular formula is C13H15BrFNO3. The fourth-order valence-corrected chi connectivity index (χ4v) is 1.48. The highest BCUT2D eigenvalue weighted by Crippen LogP contribution is 2.16. The molecule has 104 valence electrons. The molecule has 1 aromatic carbocycles. The highest BCUT2D eigenvalue weighted by atomic mass is 79.9. The summed E-state index contributed by atoms with van der Waals surface area (Å²) in [5.41, 5.74) is -0.437. The van der Waals surface area contributed by atoms with E-state index in [9.17, 15) is 14.0 Å². The lowest BCUT2D eigenvalue weighted by atomic mass is 10.1. The number of amides is 1. The van der Waals surface area contributed by atoms with Gasteiger partial charge in [0.25, 0.3) is 0 Å². The number of alkyl carbamates (subject to hydrolysis) is 1. The first kappa shape index (κ1) is 15.6. The van der Waals surface area contributed by atoms with Crippen LogP contribution in [0.15, 0.2) is 22.7 Å². The summed E-state index contributed by atoms with van der Waals surface area (Å²) < 4.78 is 18.5. The minimum atomic E-state index is -0.682. The number of carbonyl (C=O) groups excluding carboxylic acids is 2. The fourth-order valence-electron chi connectivity index (χ4n) is 1.24. The molecule has 0 saturated heterocycles. The number of nitrogens with one attached hydrogen (secondary N) is 1. The first-order valence-electron chi connectivity index (χ1n) is 5.64. The predicted octanol–water partition coefficient (Wildman–Crippen LogP) is 3.30. The second-order valence-corrected chi connectivity index (χ2v) is 5.76. The molecule has 0 fully saturated rings. The van der Waals surface area contributed by atoms with Crippen molar-refractivity contribution in [2.45, 2.75) is 26.4 Å². The van der Waals surface area contributed by atoms with E-state index in [1.54, 1.807) is 20.8 Å². The molecule has 0 aliphatic heterocycles. The zero-order valence-electron chi connectivity index (χ0n) is 10.9. The first-order valence-corrected chi connectivity index (χ1v) is 6.43. The number of ketones is 1. The topological polar surface area (TPSA) is 55.4 Å². The van der Waals surface area contributed by atoms with Crippen LogP contribution in [0.3, 0.4) is 0 Å². The van der Waals surface area contributed by atoms with Gasteiger partial charge in [0.2, 0.25) is 0 Å². The Morgan fingerprint density at radius 2 is 2.00 bits per heavy atom. The zero-order chi connectivity index (χ0) is 14.6. The second kappa shape index (κ2) is 6.14. The van der Waals surface area contributed by atoms with Crippen molar-refractivity contribution in [3.63, 3.8) is 0 Å². The van der Waals surface area contributed by atoms with Gasteiger partial charge in [-0.15, -0.1) is 0 Å². The van der Waals surface area contributed by atoms with Gasteiger partial charge in [0.05, 0.1) is 11.0 Å². The molecule has 4 nitrogen and oxygen atoms in total. The van der Waals surface area contributed by atoms with E-state index < -0.39 is 23.3 Å². The van der Waals surface area contributed by atoms with E-state index in [0.717, 1.165) is 6.07 Å². The molecule has 0 saturated carbocycles. The van der Waals surface area contributed by atoms with Crippen molar-refractivity contribution in [2.75, 3.05) is 6.54 Å². The van der Waals surface area contributed by atoms with Crippen LogP contribution in [-0.2, 0) is 4.74 Å². The van der Waals surface area contributed by atoms with Crippen LogP contribution < -0.4 is 5.32 Å². The minimum absolute atomic E-state index is 0.191. The molecule has 19 heavy (non-hydrogen) atoms. The van der Waals surface area contributed by atoms with Gasteiger partial charge in [-0.2, -0.15) is 0 Å². The summed E-state index contributed by atoms with van der Waals surface area (Å²) in [6, 6.07) is 4.03. The summed E-state index contributed by atoms with van der Waals surface area (Å²) in [4.78, 5) is 23.1. The van der Waals surface area contributed by atoms with Gasteiger partial charge in [-0.25, -0.2) is 9.18 Å². The average Bonchev–Trinajstić information content (AvgIpc) is 2.27. The van der Waals surface area contributed by atoms with Crippen LogP contribution in [0.4, 0.5) is 9.18 Å². The van der Waals surface area contributed by atoms with Crippen molar-refractivity contribution >= 4 is 27.8 Å². The Morgan fingerprint density at radius 3 is 2.53 bits per heavy atom. The number of Topliss-reactive ketones (excluding diaryl/α,β-unsaturated/α-hetero) is 1. The third kappa shape index (κ3) is 5.38. The summed E-state index contributed by atoms with van der Waals surface area (Å²) in [6.45, 7) is 4.92. The van der Waals surface area contributed by atoms with E-state index in [4.69, 9.17) is 4.74 Å². The van der Waals surface area contributed by atoms with Crippen molar-refractivity contribution in [2.24, 2.45) is 0 Å². The maximum atomic E-state index is 13.2. The number of ether oxygens (including phenoxy) is 1. The van der Waals surface area contributed by atoms with Gasteiger partial charge in [0.1, 0.15) is 11.4 Å². The molecule has 1 N–H and O–H groups in total. The van der Waals surface area contributed by atoms with Crippen LogP contribution in [0.1, 0.15) is 31.1 Å². The number of benzene rings is 1. The maximum Gasteiger partial charge on any atom is 0.408 e. The molecular weight excluding hydrogens is 317 g/mol. The molecule has 0 aliphatic rings. The Labute approximate surface area is 119 Å². The number of halogens is 2. The molecule has 0 atom stereocenters. The van der Waals surface area contributed by atoms with Crippen LogP contribution in [0.5, 0.6) is 0 Å². The maximum absolute atomic E-state index is 13.2. The molecule has 0 spiro atoms. The van der Waals surface area contributed by atoms with Crippen LogP contribution >= 0.6 is 15.9 Å². The average molecular weight is 332 g/mol. The van der Waals surface area contributed by atoms with E-state index in [1.807, 2.05) is 0 Å². The normalized spacial score (nSPS) is 11.0. The van der Waals surface area contributed by atoms with Crippen LogP contribution in [0.2, 0.25) is 0 Å². The quantitative estimate of drug-likeness (QED) is 0.864. The number of carbonyl (C=O) groups is 2. The lowest BCUT2D eigenvalue weighted by molar-refractivity contribution is 0.0520. The largest absolute Gasteiger partial charge is 0.444 e. The van der Waals surface area contributed by atoms with E-state index in [1.165, 1.54) is 12.1 Å². The second-order valence-electron chi connectivity index (χ2n) is 4.91. The van der Waals surface area contributed by atoms with Crippen molar-refractivity contribution in [1.29, 1.82) is 0 Å². The summed E-state index contributed by atoms with van der Waals surface area (Å²) in [6.07, 6.45) is -0.682. The number of hydrogen-bond acceptors (Lipinski definition) is 3. The molecule has 0 unspecified atom stereocenters. The monoisotopic (exact) mass is 331 g/mol. The Hall–Kier alpha value is -1.43. The van der Waals surface area contributed by atoms with Crippen molar-refractivity contribution in [3.8, 4) is 0 Å². The van der Waals surface area contributed by atoms with Crippen molar-refractivity contribution in [1.82, 2.24) is 5.32 Å². The third-order valence-corrected chi connectivity index (χ3v) is 2.68. The van der Waals surface area contributed by atoms with Crippen LogP contribution in [0, 0.1) is 5.82 Å². The van der Waals surface area contributed by atoms with Crippen LogP contribution in [-0.4, -0.2) is 24.0 Å².